The molecule has 5 heteroatoms. The Hall–Kier alpha value is -2.95. The maximum absolute atomic E-state index is 4.68. The number of nitrogens with zero attached hydrogens (tertiary/aromatic N) is 4. The molecule has 134 valence electrons. The van der Waals surface area contributed by atoms with Crippen LogP contribution in [0.2, 0.25) is 0 Å². The van der Waals surface area contributed by atoms with E-state index in [1.165, 1.54) is 16.7 Å². The van der Waals surface area contributed by atoms with Crippen molar-refractivity contribution in [2.75, 3.05) is 10.2 Å². The molecule has 0 saturated heterocycles. The average molecular weight is 347 g/mol. The number of nitrogens with one attached hydrogen (secondary N) is 1. The predicted molar refractivity (Wildman–Crippen MR) is 107 cm³/mol. The summed E-state index contributed by atoms with van der Waals surface area (Å²) in [6.45, 7) is 9.22. The molecular formula is C21H25N5. The van der Waals surface area contributed by atoms with Crippen LogP contribution in [-0.4, -0.2) is 21.2 Å². The lowest BCUT2D eigenvalue weighted by Crippen LogP contribution is -2.32. The van der Waals surface area contributed by atoms with Crippen molar-refractivity contribution in [2.45, 2.75) is 40.3 Å². The third kappa shape index (κ3) is 4.36. The molecule has 0 amide bonds. The SMILES string of the molecule is Cc1ccc(Nc2cnnc(N(Cc3ccccc3)C(C)C)n2)cc1C. The third-order valence-corrected chi connectivity index (χ3v) is 4.40. The van der Waals surface area contributed by atoms with Gasteiger partial charge in [0.1, 0.15) is 0 Å². The van der Waals surface area contributed by atoms with E-state index >= 15 is 0 Å². The standard InChI is InChI=1S/C21H25N5/c1-15(2)26(14-18-8-6-5-7-9-18)21-24-20(13-22-25-21)23-19-11-10-16(3)17(4)12-19/h5-13,15H,14H2,1-4H3,(H,23,24,25). The van der Waals surface area contributed by atoms with Crippen LogP contribution in [0.25, 0.3) is 0 Å². The molecule has 5 nitrogen and oxygen atoms in total. The molecule has 0 atom stereocenters. The second-order valence-corrected chi connectivity index (χ2v) is 6.77. The second kappa shape index (κ2) is 7.95. The van der Waals surface area contributed by atoms with E-state index in [1.807, 2.05) is 24.3 Å². The summed E-state index contributed by atoms with van der Waals surface area (Å²) in [7, 11) is 0. The second-order valence-electron chi connectivity index (χ2n) is 6.77. The summed E-state index contributed by atoms with van der Waals surface area (Å²) in [6.07, 6.45) is 1.65. The first-order valence-electron chi connectivity index (χ1n) is 8.87. The summed E-state index contributed by atoms with van der Waals surface area (Å²) in [5, 5.41) is 11.7. The van der Waals surface area contributed by atoms with Crippen molar-refractivity contribution in [3.8, 4) is 0 Å². The van der Waals surface area contributed by atoms with Gasteiger partial charge in [-0.15, -0.1) is 5.10 Å². The van der Waals surface area contributed by atoms with Gasteiger partial charge in [-0.2, -0.15) is 10.1 Å². The zero-order valence-corrected chi connectivity index (χ0v) is 15.8. The number of hydrogen-bond donors (Lipinski definition) is 1. The highest BCUT2D eigenvalue weighted by atomic mass is 15.3. The van der Waals surface area contributed by atoms with Crippen molar-refractivity contribution < 1.29 is 0 Å². The molecule has 0 unspecified atom stereocenters. The van der Waals surface area contributed by atoms with Gasteiger partial charge in [-0.1, -0.05) is 36.4 Å². The van der Waals surface area contributed by atoms with Crippen molar-refractivity contribution in [1.29, 1.82) is 0 Å². The van der Waals surface area contributed by atoms with Crippen LogP contribution in [0.1, 0.15) is 30.5 Å². The highest BCUT2D eigenvalue weighted by Gasteiger charge is 2.15. The van der Waals surface area contributed by atoms with Gasteiger partial charge in [-0.05, 0) is 56.5 Å². The van der Waals surface area contributed by atoms with Gasteiger partial charge in [0, 0.05) is 18.3 Å². The fraction of sp³-hybridized carbons (Fsp3) is 0.286. The monoisotopic (exact) mass is 347 g/mol. The molecule has 0 aliphatic heterocycles. The van der Waals surface area contributed by atoms with E-state index in [2.05, 4.69) is 77.4 Å². The third-order valence-electron chi connectivity index (χ3n) is 4.40. The Bertz CT molecular complexity index is 861. The first kappa shape index (κ1) is 17.9. The normalized spacial score (nSPS) is 10.8. The minimum atomic E-state index is 0.258. The van der Waals surface area contributed by atoms with Crippen LogP contribution >= 0.6 is 0 Å². The van der Waals surface area contributed by atoms with Gasteiger partial charge in [-0.3, -0.25) is 0 Å². The lowest BCUT2D eigenvalue weighted by molar-refractivity contribution is 0.653. The Morgan fingerprint density at radius 1 is 1.00 bits per heavy atom. The number of aromatic nitrogens is 3. The molecule has 1 aromatic heterocycles. The lowest BCUT2D eigenvalue weighted by atomic mass is 10.1. The minimum absolute atomic E-state index is 0.258. The van der Waals surface area contributed by atoms with Crippen molar-refractivity contribution in [3.63, 3.8) is 0 Å². The molecule has 0 radical (unpaired) electrons. The quantitative estimate of drug-likeness (QED) is 0.703. The van der Waals surface area contributed by atoms with E-state index in [0.29, 0.717) is 11.8 Å². The summed E-state index contributed by atoms with van der Waals surface area (Å²) >= 11 is 0. The van der Waals surface area contributed by atoms with Crippen LogP contribution in [0, 0.1) is 13.8 Å². The van der Waals surface area contributed by atoms with Gasteiger partial charge >= 0.3 is 0 Å². The zero-order chi connectivity index (χ0) is 18.5. The number of rotatable bonds is 6. The molecule has 0 fully saturated rings. The summed E-state index contributed by atoms with van der Waals surface area (Å²) in [5.74, 6) is 1.31. The molecule has 2 aromatic carbocycles. The van der Waals surface area contributed by atoms with Gasteiger partial charge in [0.15, 0.2) is 5.82 Å². The van der Waals surface area contributed by atoms with E-state index in [-0.39, 0.29) is 6.04 Å². The molecule has 0 aliphatic rings. The number of anilines is 3. The molecule has 26 heavy (non-hydrogen) atoms. The summed E-state index contributed by atoms with van der Waals surface area (Å²) in [6, 6.07) is 16.9. The van der Waals surface area contributed by atoms with Crippen molar-refractivity contribution in [1.82, 2.24) is 15.2 Å². The van der Waals surface area contributed by atoms with Crippen LogP contribution in [0.15, 0.2) is 54.7 Å². The first-order valence-corrected chi connectivity index (χ1v) is 8.87. The van der Waals surface area contributed by atoms with Gasteiger partial charge in [0.05, 0.1) is 6.20 Å². The molecule has 3 rings (SSSR count). The summed E-state index contributed by atoms with van der Waals surface area (Å²) < 4.78 is 0. The Morgan fingerprint density at radius 3 is 2.46 bits per heavy atom. The average Bonchev–Trinajstić information content (AvgIpc) is 2.64. The molecular weight excluding hydrogens is 322 g/mol. The van der Waals surface area contributed by atoms with Gasteiger partial charge < -0.3 is 10.2 Å². The van der Waals surface area contributed by atoms with Crippen molar-refractivity contribution >= 4 is 17.5 Å². The van der Waals surface area contributed by atoms with E-state index in [9.17, 15) is 0 Å². The number of benzene rings is 2. The zero-order valence-electron chi connectivity index (χ0n) is 15.8. The number of hydrogen-bond acceptors (Lipinski definition) is 5. The maximum Gasteiger partial charge on any atom is 0.247 e. The highest BCUT2D eigenvalue weighted by molar-refractivity contribution is 5.58. The van der Waals surface area contributed by atoms with E-state index in [4.69, 9.17) is 0 Å². The topological polar surface area (TPSA) is 53.9 Å². The van der Waals surface area contributed by atoms with Crippen molar-refractivity contribution in [3.05, 3.63) is 71.4 Å². The van der Waals surface area contributed by atoms with E-state index in [1.54, 1.807) is 6.20 Å². The predicted octanol–water partition coefficient (Wildman–Crippen LogP) is 4.65. The van der Waals surface area contributed by atoms with Gasteiger partial charge in [0.2, 0.25) is 5.95 Å². The Labute approximate surface area is 155 Å². The molecule has 0 bridgehead atoms. The summed E-state index contributed by atoms with van der Waals surface area (Å²) in [5.41, 5.74) is 4.73. The van der Waals surface area contributed by atoms with Crippen LogP contribution in [0.5, 0.6) is 0 Å². The van der Waals surface area contributed by atoms with Crippen LogP contribution in [0.4, 0.5) is 17.5 Å². The minimum Gasteiger partial charge on any atom is -0.339 e. The molecule has 0 aliphatic carbocycles. The fourth-order valence-corrected chi connectivity index (χ4v) is 2.71. The molecule has 0 saturated carbocycles. The molecule has 3 aromatic rings. The van der Waals surface area contributed by atoms with Gasteiger partial charge in [0.25, 0.3) is 0 Å². The Balaban J connectivity index is 1.82. The highest BCUT2D eigenvalue weighted by Crippen LogP contribution is 2.20. The lowest BCUT2D eigenvalue weighted by Gasteiger charge is -2.26. The van der Waals surface area contributed by atoms with Crippen molar-refractivity contribution in [2.24, 2.45) is 0 Å². The molecule has 1 heterocycles. The summed E-state index contributed by atoms with van der Waals surface area (Å²) in [4.78, 5) is 6.83. The van der Waals surface area contributed by atoms with Crippen LogP contribution < -0.4 is 10.2 Å². The Morgan fingerprint density at radius 2 is 1.77 bits per heavy atom. The Kier molecular flexibility index (Phi) is 5.46. The van der Waals surface area contributed by atoms with E-state index < -0.39 is 0 Å². The molecule has 0 spiro atoms. The van der Waals surface area contributed by atoms with E-state index in [0.717, 1.165) is 12.2 Å². The first-order chi connectivity index (χ1) is 12.5. The largest absolute Gasteiger partial charge is 0.339 e. The number of aryl methyl sites for hydroxylation is 2. The van der Waals surface area contributed by atoms with Crippen LogP contribution in [-0.2, 0) is 6.54 Å². The van der Waals surface area contributed by atoms with Gasteiger partial charge in [-0.25, -0.2) is 0 Å². The maximum atomic E-state index is 4.68. The smallest absolute Gasteiger partial charge is 0.247 e. The molecule has 1 N–H and O–H groups in total. The fourth-order valence-electron chi connectivity index (χ4n) is 2.71. The van der Waals surface area contributed by atoms with Crippen LogP contribution in [0.3, 0.4) is 0 Å².